The highest BCUT2D eigenvalue weighted by molar-refractivity contribution is 8.00. The fraction of sp³-hybridized carbons (Fsp3) is 0.278. The molecule has 24 heavy (non-hydrogen) atoms. The number of hydrogen-bond acceptors (Lipinski definition) is 5. The topological polar surface area (TPSA) is 63.1 Å². The average molecular weight is 356 g/mol. The summed E-state index contributed by atoms with van der Waals surface area (Å²) in [7, 11) is 0. The summed E-state index contributed by atoms with van der Waals surface area (Å²) in [6.45, 7) is 0. The Morgan fingerprint density at radius 2 is 2.04 bits per heavy atom. The summed E-state index contributed by atoms with van der Waals surface area (Å²) in [5, 5.41) is 11.0. The number of rotatable bonds is 5. The lowest BCUT2D eigenvalue weighted by Crippen LogP contribution is -2.02. The second-order valence-corrected chi connectivity index (χ2v) is 7.87. The van der Waals surface area contributed by atoms with E-state index in [9.17, 15) is 4.79 Å². The van der Waals surface area contributed by atoms with Gasteiger partial charge in [0, 0.05) is 16.7 Å². The lowest BCUT2D eigenvalue weighted by molar-refractivity contribution is -0.133. The highest BCUT2D eigenvalue weighted by Crippen LogP contribution is 2.40. The zero-order chi connectivity index (χ0) is 16.5. The highest BCUT2D eigenvalue weighted by Gasteiger charge is 2.22. The quantitative estimate of drug-likeness (QED) is 0.554. The van der Waals surface area contributed by atoms with Crippen LogP contribution < -0.4 is 0 Å². The molecule has 1 aliphatic rings. The lowest BCUT2D eigenvalue weighted by atomic mass is 10.1. The number of thiophene rings is 1. The van der Waals surface area contributed by atoms with Crippen LogP contribution in [0.2, 0.25) is 0 Å². The Kier molecular flexibility index (Phi) is 4.24. The predicted octanol–water partition coefficient (Wildman–Crippen LogP) is 3.95. The van der Waals surface area contributed by atoms with Gasteiger partial charge >= 0.3 is 5.97 Å². The van der Waals surface area contributed by atoms with Gasteiger partial charge in [-0.3, -0.25) is 4.79 Å². The number of carboxylic acid groups (broad SMARTS) is 1. The molecule has 0 radical (unpaired) electrons. The Morgan fingerprint density at radius 3 is 2.83 bits per heavy atom. The Labute approximate surface area is 148 Å². The van der Waals surface area contributed by atoms with Crippen molar-refractivity contribution in [2.45, 2.75) is 30.7 Å². The van der Waals surface area contributed by atoms with E-state index < -0.39 is 5.97 Å². The van der Waals surface area contributed by atoms with E-state index in [4.69, 9.17) is 15.1 Å². The summed E-state index contributed by atoms with van der Waals surface area (Å²) >= 11 is 3.06. The fourth-order valence-corrected chi connectivity index (χ4v) is 5.24. The second-order valence-electron chi connectivity index (χ2n) is 5.83. The molecule has 4 rings (SSSR count). The van der Waals surface area contributed by atoms with Crippen molar-refractivity contribution in [3.63, 3.8) is 0 Å². The summed E-state index contributed by atoms with van der Waals surface area (Å²) in [6.07, 6.45) is 4.00. The van der Waals surface area contributed by atoms with Crippen molar-refractivity contribution >= 4 is 39.3 Å². The molecule has 4 nitrogen and oxygen atoms in total. The second kappa shape index (κ2) is 6.53. The van der Waals surface area contributed by atoms with Crippen LogP contribution in [-0.4, -0.2) is 26.8 Å². The van der Waals surface area contributed by atoms with Crippen LogP contribution in [0.15, 0.2) is 35.4 Å². The van der Waals surface area contributed by atoms with Crippen molar-refractivity contribution in [3.05, 3.63) is 52.2 Å². The van der Waals surface area contributed by atoms with Crippen LogP contribution >= 0.6 is 23.1 Å². The van der Waals surface area contributed by atoms with Crippen molar-refractivity contribution in [2.24, 2.45) is 0 Å². The zero-order valence-corrected chi connectivity index (χ0v) is 14.6. The molecule has 2 heterocycles. The number of benzene rings is 1. The summed E-state index contributed by atoms with van der Waals surface area (Å²) in [5.74, 6) is -0.0219. The number of carbonyl (C=O) groups is 1. The van der Waals surface area contributed by atoms with Gasteiger partial charge in [-0.15, -0.1) is 11.3 Å². The van der Waals surface area contributed by atoms with Crippen molar-refractivity contribution in [1.29, 1.82) is 0 Å². The van der Waals surface area contributed by atoms with Gasteiger partial charge in [-0.1, -0.05) is 42.1 Å². The molecule has 0 atom stereocenters. The number of aliphatic carboxylic acids is 1. The normalized spacial score (nSPS) is 13.3. The molecule has 0 bridgehead atoms. The SMILES string of the molecule is O=C(O)CSc1nc(Cc2ccccc2)nc2sc3c(c12)CCC3. The molecule has 3 aromatic rings. The molecule has 2 aromatic heterocycles. The van der Waals surface area contributed by atoms with Gasteiger partial charge in [0.1, 0.15) is 15.7 Å². The van der Waals surface area contributed by atoms with Crippen LogP contribution in [0.1, 0.15) is 28.2 Å². The first-order valence-corrected chi connectivity index (χ1v) is 9.70. The number of aryl methyl sites for hydroxylation is 2. The van der Waals surface area contributed by atoms with Crippen molar-refractivity contribution in [2.75, 3.05) is 5.75 Å². The van der Waals surface area contributed by atoms with Gasteiger partial charge in [0.15, 0.2) is 0 Å². The minimum atomic E-state index is -0.816. The summed E-state index contributed by atoms with van der Waals surface area (Å²) in [6, 6.07) is 10.1. The average Bonchev–Trinajstić information content (AvgIpc) is 3.14. The maximum absolute atomic E-state index is 11.0. The first kappa shape index (κ1) is 15.6. The van der Waals surface area contributed by atoms with E-state index in [0.29, 0.717) is 6.42 Å². The molecule has 0 fully saturated rings. The lowest BCUT2D eigenvalue weighted by Gasteiger charge is -2.07. The minimum Gasteiger partial charge on any atom is -0.481 e. The Bertz CT molecular complexity index is 906. The van der Waals surface area contributed by atoms with Crippen LogP contribution in [-0.2, 0) is 24.1 Å². The van der Waals surface area contributed by atoms with Crippen molar-refractivity contribution in [1.82, 2.24) is 9.97 Å². The number of carboxylic acids is 1. The molecule has 0 spiro atoms. The molecule has 0 amide bonds. The van der Waals surface area contributed by atoms with Gasteiger partial charge in [-0.2, -0.15) is 0 Å². The molecule has 0 unspecified atom stereocenters. The van der Waals surface area contributed by atoms with E-state index >= 15 is 0 Å². The van der Waals surface area contributed by atoms with Crippen molar-refractivity contribution in [3.8, 4) is 0 Å². The standard InChI is InChI=1S/C18H16N2O2S2/c21-15(22)10-23-17-16-12-7-4-8-13(12)24-18(16)20-14(19-17)9-11-5-2-1-3-6-11/h1-3,5-6H,4,7-10H2,(H,21,22). The first-order valence-electron chi connectivity index (χ1n) is 7.90. The summed E-state index contributed by atoms with van der Waals surface area (Å²) in [4.78, 5) is 22.9. The van der Waals surface area contributed by atoms with E-state index in [0.717, 1.165) is 39.5 Å². The molecule has 122 valence electrons. The van der Waals surface area contributed by atoms with E-state index in [2.05, 4.69) is 12.1 Å². The zero-order valence-electron chi connectivity index (χ0n) is 13.0. The van der Waals surface area contributed by atoms with Crippen molar-refractivity contribution < 1.29 is 9.90 Å². The van der Waals surface area contributed by atoms with Gasteiger partial charge in [-0.05, 0) is 30.4 Å². The highest BCUT2D eigenvalue weighted by atomic mass is 32.2. The number of nitrogens with zero attached hydrogens (tertiary/aromatic N) is 2. The maximum atomic E-state index is 11.0. The third kappa shape index (κ3) is 3.03. The molecule has 1 aromatic carbocycles. The Balaban J connectivity index is 1.77. The third-order valence-corrected chi connectivity index (χ3v) is 6.26. The van der Waals surface area contributed by atoms with Crippen LogP contribution in [0.4, 0.5) is 0 Å². The monoisotopic (exact) mass is 356 g/mol. The molecule has 6 heteroatoms. The van der Waals surface area contributed by atoms with E-state index in [1.165, 1.54) is 28.6 Å². The molecule has 0 saturated heterocycles. The molecule has 1 aliphatic carbocycles. The van der Waals surface area contributed by atoms with E-state index in [1.54, 1.807) is 11.3 Å². The third-order valence-electron chi connectivity index (χ3n) is 4.12. The van der Waals surface area contributed by atoms with Gasteiger partial charge in [0.25, 0.3) is 0 Å². The predicted molar refractivity (Wildman–Crippen MR) is 97.0 cm³/mol. The molecule has 0 aliphatic heterocycles. The van der Waals surface area contributed by atoms with Crippen LogP contribution in [0, 0.1) is 0 Å². The molecule has 1 N–H and O–H groups in total. The first-order chi connectivity index (χ1) is 11.7. The van der Waals surface area contributed by atoms with Crippen LogP contribution in [0.25, 0.3) is 10.2 Å². The van der Waals surface area contributed by atoms with Gasteiger partial charge in [-0.25, -0.2) is 9.97 Å². The smallest absolute Gasteiger partial charge is 0.313 e. The van der Waals surface area contributed by atoms with Gasteiger partial charge < -0.3 is 5.11 Å². The van der Waals surface area contributed by atoms with E-state index in [-0.39, 0.29) is 5.75 Å². The Morgan fingerprint density at radius 1 is 1.21 bits per heavy atom. The minimum absolute atomic E-state index is 0.0293. The maximum Gasteiger partial charge on any atom is 0.313 e. The molecular formula is C18H16N2O2S2. The number of hydrogen-bond donors (Lipinski definition) is 1. The number of aromatic nitrogens is 2. The fourth-order valence-electron chi connectivity index (χ4n) is 3.10. The largest absolute Gasteiger partial charge is 0.481 e. The summed E-state index contributed by atoms with van der Waals surface area (Å²) in [5.41, 5.74) is 2.50. The number of fused-ring (bicyclic) bond motifs is 3. The van der Waals surface area contributed by atoms with Gasteiger partial charge in [0.2, 0.25) is 0 Å². The summed E-state index contributed by atoms with van der Waals surface area (Å²) < 4.78 is 0. The van der Waals surface area contributed by atoms with Crippen LogP contribution in [0.5, 0.6) is 0 Å². The van der Waals surface area contributed by atoms with E-state index in [1.807, 2.05) is 18.2 Å². The van der Waals surface area contributed by atoms with Crippen LogP contribution in [0.3, 0.4) is 0 Å². The molecular weight excluding hydrogens is 340 g/mol. The van der Waals surface area contributed by atoms with Gasteiger partial charge in [0.05, 0.1) is 5.75 Å². The molecule has 0 saturated carbocycles. The number of thioether (sulfide) groups is 1. The Hall–Kier alpha value is -1.92.